The van der Waals surface area contributed by atoms with E-state index in [1.165, 1.54) is 23.1 Å². The maximum atomic E-state index is 12.4. The lowest BCUT2D eigenvalue weighted by Crippen LogP contribution is -2.48. The van der Waals surface area contributed by atoms with Crippen LogP contribution in [0.4, 0.5) is 5.69 Å². The molecular formula is C15H17ClN2O5. The smallest absolute Gasteiger partial charge is 0.311 e. The lowest BCUT2D eigenvalue weighted by atomic mass is 9.82. The summed E-state index contributed by atoms with van der Waals surface area (Å²) in [5.41, 5.74) is -0.583. The summed E-state index contributed by atoms with van der Waals surface area (Å²) in [4.78, 5) is 35.4. The first-order chi connectivity index (χ1) is 10.7. The third-order valence-electron chi connectivity index (χ3n) is 4.15. The number of nitro groups is 1. The Bertz CT molecular complexity index is 663. The average molecular weight is 341 g/mol. The van der Waals surface area contributed by atoms with Crippen LogP contribution in [0.1, 0.15) is 25.3 Å². The van der Waals surface area contributed by atoms with Gasteiger partial charge in [-0.15, -0.1) is 0 Å². The lowest BCUT2D eigenvalue weighted by molar-refractivity contribution is -0.384. The summed E-state index contributed by atoms with van der Waals surface area (Å²) in [6, 6.07) is 3.96. The molecule has 0 aliphatic carbocycles. The van der Waals surface area contributed by atoms with Crippen LogP contribution < -0.4 is 0 Å². The van der Waals surface area contributed by atoms with Crippen molar-refractivity contribution in [1.82, 2.24) is 4.90 Å². The van der Waals surface area contributed by atoms with Crippen molar-refractivity contribution in [2.24, 2.45) is 5.41 Å². The van der Waals surface area contributed by atoms with Gasteiger partial charge in [0.05, 0.1) is 21.8 Å². The molecule has 1 unspecified atom stereocenters. The van der Waals surface area contributed by atoms with Crippen LogP contribution in [0, 0.1) is 15.5 Å². The second-order valence-electron chi connectivity index (χ2n) is 5.99. The van der Waals surface area contributed by atoms with Gasteiger partial charge in [0.1, 0.15) is 0 Å². The molecule has 1 aromatic rings. The molecule has 0 bridgehead atoms. The summed E-state index contributed by atoms with van der Waals surface area (Å²) in [6.45, 7) is 2.30. The van der Waals surface area contributed by atoms with Crippen molar-refractivity contribution < 1.29 is 19.6 Å². The molecule has 0 spiro atoms. The van der Waals surface area contributed by atoms with E-state index in [2.05, 4.69) is 0 Å². The summed E-state index contributed by atoms with van der Waals surface area (Å²) in [5.74, 6) is -1.14. The van der Waals surface area contributed by atoms with Crippen LogP contribution in [0.5, 0.6) is 0 Å². The van der Waals surface area contributed by atoms with E-state index in [9.17, 15) is 24.8 Å². The third kappa shape index (κ3) is 3.79. The summed E-state index contributed by atoms with van der Waals surface area (Å²) in [6.07, 6.45) is 1.15. The fourth-order valence-corrected chi connectivity index (χ4v) is 2.94. The van der Waals surface area contributed by atoms with Gasteiger partial charge in [0.2, 0.25) is 5.91 Å². The van der Waals surface area contributed by atoms with Crippen molar-refractivity contribution in [3.63, 3.8) is 0 Å². The molecule has 1 atom stereocenters. The Labute approximate surface area is 138 Å². The van der Waals surface area contributed by atoms with E-state index in [-0.39, 0.29) is 29.6 Å². The maximum absolute atomic E-state index is 12.4. The molecular weight excluding hydrogens is 324 g/mol. The van der Waals surface area contributed by atoms with Gasteiger partial charge >= 0.3 is 5.97 Å². The minimum Gasteiger partial charge on any atom is -0.481 e. The Hall–Kier alpha value is -2.15. The van der Waals surface area contributed by atoms with Gasteiger partial charge in [-0.1, -0.05) is 17.7 Å². The Morgan fingerprint density at radius 1 is 1.48 bits per heavy atom. The molecule has 1 aliphatic rings. The Balaban J connectivity index is 2.10. The summed E-state index contributed by atoms with van der Waals surface area (Å²) < 4.78 is 0. The van der Waals surface area contributed by atoms with E-state index in [1.807, 2.05) is 0 Å². The van der Waals surface area contributed by atoms with Crippen LogP contribution in [0.3, 0.4) is 0 Å². The van der Waals surface area contributed by atoms with Crippen LogP contribution in [0.15, 0.2) is 18.2 Å². The highest BCUT2D eigenvalue weighted by molar-refractivity contribution is 6.31. The predicted molar refractivity (Wildman–Crippen MR) is 83.4 cm³/mol. The minimum atomic E-state index is -0.937. The van der Waals surface area contributed by atoms with E-state index in [4.69, 9.17) is 11.6 Å². The lowest BCUT2D eigenvalue weighted by Gasteiger charge is -2.37. The van der Waals surface area contributed by atoms with Gasteiger partial charge in [-0.25, -0.2) is 0 Å². The van der Waals surface area contributed by atoms with Crippen LogP contribution in [0.25, 0.3) is 0 Å². The Kier molecular flexibility index (Phi) is 4.89. The maximum Gasteiger partial charge on any atom is 0.311 e. The van der Waals surface area contributed by atoms with Crippen molar-refractivity contribution in [2.75, 3.05) is 13.1 Å². The average Bonchev–Trinajstić information content (AvgIpc) is 2.49. The van der Waals surface area contributed by atoms with Crippen molar-refractivity contribution in [2.45, 2.75) is 26.2 Å². The second kappa shape index (κ2) is 6.54. The number of nitrogens with zero attached hydrogens (tertiary/aromatic N) is 2. The topological polar surface area (TPSA) is 101 Å². The number of carbonyl (C=O) groups is 2. The zero-order valence-corrected chi connectivity index (χ0v) is 13.4. The number of carboxylic acids is 1. The number of hydrogen-bond donors (Lipinski definition) is 1. The summed E-state index contributed by atoms with van der Waals surface area (Å²) in [5, 5.41) is 20.1. The van der Waals surface area contributed by atoms with E-state index in [0.29, 0.717) is 24.9 Å². The van der Waals surface area contributed by atoms with Gasteiger partial charge in [-0.05, 0) is 25.3 Å². The van der Waals surface area contributed by atoms with Crippen molar-refractivity contribution in [1.29, 1.82) is 0 Å². The fraction of sp³-hybridized carbons (Fsp3) is 0.467. The highest BCUT2D eigenvalue weighted by Gasteiger charge is 2.39. The van der Waals surface area contributed by atoms with Crippen LogP contribution >= 0.6 is 11.6 Å². The standard InChI is InChI=1S/C15H17ClN2O5/c1-15(14(20)21)5-2-6-17(9-15)13(19)7-10-3-4-11(18(22)23)8-12(10)16/h3-4,8H,2,5-7,9H2,1H3,(H,20,21). The number of nitro benzene ring substituents is 1. The van der Waals surface area contributed by atoms with Gasteiger partial charge in [-0.3, -0.25) is 19.7 Å². The number of non-ortho nitro benzene ring substituents is 1. The molecule has 0 radical (unpaired) electrons. The number of likely N-dealkylation sites (tertiary alicyclic amines) is 1. The fourth-order valence-electron chi connectivity index (χ4n) is 2.69. The van der Waals surface area contributed by atoms with E-state index in [0.717, 1.165) is 0 Å². The predicted octanol–water partition coefficient (Wildman–Crippen LogP) is 2.50. The number of halogens is 1. The third-order valence-corrected chi connectivity index (χ3v) is 4.51. The number of carbonyl (C=O) groups excluding carboxylic acids is 1. The summed E-state index contributed by atoms with van der Waals surface area (Å²) in [7, 11) is 0. The summed E-state index contributed by atoms with van der Waals surface area (Å²) >= 11 is 5.99. The van der Waals surface area contributed by atoms with E-state index in [1.54, 1.807) is 6.92 Å². The van der Waals surface area contributed by atoms with Gasteiger partial charge in [-0.2, -0.15) is 0 Å². The zero-order valence-electron chi connectivity index (χ0n) is 12.6. The van der Waals surface area contributed by atoms with Crippen LogP contribution in [0.2, 0.25) is 5.02 Å². The highest BCUT2D eigenvalue weighted by atomic mass is 35.5. The largest absolute Gasteiger partial charge is 0.481 e. The monoisotopic (exact) mass is 340 g/mol. The van der Waals surface area contributed by atoms with Gasteiger partial charge in [0.15, 0.2) is 0 Å². The minimum absolute atomic E-state index is 0.00741. The molecule has 1 fully saturated rings. The van der Waals surface area contributed by atoms with E-state index < -0.39 is 16.3 Å². The van der Waals surface area contributed by atoms with Crippen LogP contribution in [-0.4, -0.2) is 39.9 Å². The number of aliphatic carboxylic acids is 1. The highest BCUT2D eigenvalue weighted by Crippen LogP contribution is 2.30. The molecule has 1 aromatic carbocycles. The number of piperidine rings is 1. The number of rotatable bonds is 4. The van der Waals surface area contributed by atoms with Crippen molar-refractivity contribution in [3.8, 4) is 0 Å². The molecule has 7 nitrogen and oxygen atoms in total. The molecule has 0 aromatic heterocycles. The van der Waals surface area contributed by atoms with Crippen molar-refractivity contribution >= 4 is 29.2 Å². The molecule has 1 saturated heterocycles. The SMILES string of the molecule is CC1(C(=O)O)CCCN(C(=O)Cc2ccc([N+](=O)[O-])cc2Cl)C1. The molecule has 2 rings (SSSR count). The molecule has 0 saturated carbocycles. The second-order valence-corrected chi connectivity index (χ2v) is 6.40. The first-order valence-corrected chi connectivity index (χ1v) is 7.55. The molecule has 1 N–H and O–H groups in total. The van der Waals surface area contributed by atoms with Gasteiger partial charge in [0.25, 0.3) is 5.69 Å². The quantitative estimate of drug-likeness (QED) is 0.670. The molecule has 23 heavy (non-hydrogen) atoms. The molecule has 124 valence electrons. The first-order valence-electron chi connectivity index (χ1n) is 7.17. The van der Waals surface area contributed by atoms with E-state index >= 15 is 0 Å². The first kappa shape index (κ1) is 17.2. The zero-order chi connectivity index (χ0) is 17.2. The van der Waals surface area contributed by atoms with Crippen molar-refractivity contribution in [3.05, 3.63) is 38.9 Å². The molecule has 8 heteroatoms. The number of carboxylic acid groups (broad SMARTS) is 1. The normalized spacial score (nSPS) is 21.0. The number of amides is 1. The Morgan fingerprint density at radius 3 is 2.74 bits per heavy atom. The molecule has 1 heterocycles. The van der Waals surface area contributed by atoms with Gasteiger partial charge < -0.3 is 10.0 Å². The van der Waals surface area contributed by atoms with Crippen LogP contribution in [-0.2, 0) is 16.0 Å². The molecule has 1 aliphatic heterocycles. The number of benzene rings is 1. The number of hydrogen-bond acceptors (Lipinski definition) is 4. The van der Waals surface area contributed by atoms with Gasteiger partial charge in [0, 0.05) is 25.2 Å². The Morgan fingerprint density at radius 2 is 2.17 bits per heavy atom. The molecule has 1 amide bonds.